The lowest BCUT2D eigenvalue weighted by molar-refractivity contribution is 0.104. The first-order chi connectivity index (χ1) is 16.1. The van der Waals surface area contributed by atoms with Crippen LogP contribution in [0.5, 0.6) is 23.0 Å². The number of benzene rings is 2. The summed E-state index contributed by atoms with van der Waals surface area (Å²) in [5.41, 5.74) is 2.14. The molecule has 1 atom stereocenters. The third-order valence-electron chi connectivity index (χ3n) is 4.90. The van der Waals surface area contributed by atoms with Gasteiger partial charge in [-0.2, -0.15) is 0 Å². The second-order valence-corrected chi connectivity index (χ2v) is 7.41. The van der Waals surface area contributed by atoms with Crippen molar-refractivity contribution >= 4 is 0 Å². The highest BCUT2D eigenvalue weighted by Crippen LogP contribution is 2.29. The molecule has 2 aromatic carbocycles. The third kappa shape index (κ3) is 9.34. The molecule has 33 heavy (non-hydrogen) atoms. The summed E-state index contributed by atoms with van der Waals surface area (Å²) in [5, 5.41) is 13.6. The van der Waals surface area contributed by atoms with E-state index < -0.39 is 6.10 Å². The molecule has 2 aromatic rings. The number of hydrogen-bond acceptors (Lipinski definition) is 7. The average Bonchev–Trinajstić information content (AvgIpc) is 2.84. The zero-order chi connectivity index (χ0) is 23.9. The molecule has 7 heteroatoms. The number of rotatable bonds is 16. The monoisotopic (exact) mass is 459 g/mol. The Morgan fingerprint density at radius 2 is 1.67 bits per heavy atom. The van der Waals surface area contributed by atoms with Gasteiger partial charge in [0.25, 0.3) is 0 Å². The molecule has 182 valence electrons. The Hall–Kier alpha value is -2.74. The predicted octanol–water partition coefficient (Wildman–Crippen LogP) is 3.77. The van der Waals surface area contributed by atoms with E-state index >= 15 is 0 Å². The molecule has 2 N–H and O–H groups in total. The van der Waals surface area contributed by atoms with E-state index in [1.807, 2.05) is 62.4 Å². The van der Waals surface area contributed by atoms with Gasteiger partial charge in [-0.1, -0.05) is 24.3 Å². The number of aliphatic hydroxyl groups excluding tert-OH is 1. The molecule has 0 saturated heterocycles. The van der Waals surface area contributed by atoms with E-state index in [1.54, 1.807) is 14.2 Å². The SMILES string of the molecule is CC=CCOc1cc(COCC)ccc1OCC(O)CNCCc1ccc(OC)c(OC)c1. The minimum atomic E-state index is -0.651. The van der Waals surface area contributed by atoms with Crippen molar-refractivity contribution in [2.45, 2.75) is 33.0 Å². The van der Waals surface area contributed by atoms with Crippen molar-refractivity contribution in [3.8, 4) is 23.0 Å². The van der Waals surface area contributed by atoms with Gasteiger partial charge >= 0.3 is 0 Å². The molecule has 2 rings (SSSR count). The fraction of sp³-hybridized carbons (Fsp3) is 0.462. The first-order valence-electron chi connectivity index (χ1n) is 11.3. The molecule has 1 unspecified atom stereocenters. The molecule has 0 amide bonds. The Labute approximate surface area is 197 Å². The van der Waals surface area contributed by atoms with Crippen molar-refractivity contribution in [1.82, 2.24) is 5.32 Å². The molecular weight excluding hydrogens is 422 g/mol. The zero-order valence-corrected chi connectivity index (χ0v) is 20.1. The van der Waals surface area contributed by atoms with Crippen molar-refractivity contribution in [1.29, 1.82) is 0 Å². The quantitative estimate of drug-likeness (QED) is 0.292. The van der Waals surface area contributed by atoms with Gasteiger partial charge in [0.2, 0.25) is 0 Å². The van der Waals surface area contributed by atoms with Gasteiger partial charge < -0.3 is 34.1 Å². The summed E-state index contributed by atoms with van der Waals surface area (Å²) in [6, 6.07) is 11.6. The van der Waals surface area contributed by atoms with Crippen LogP contribution in [0.15, 0.2) is 48.6 Å². The van der Waals surface area contributed by atoms with Gasteiger partial charge in [-0.05, 0) is 62.2 Å². The van der Waals surface area contributed by atoms with Crippen LogP contribution in [0.25, 0.3) is 0 Å². The van der Waals surface area contributed by atoms with Gasteiger partial charge in [0.15, 0.2) is 23.0 Å². The van der Waals surface area contributed by atoms with Gasteiger partial charge in [-0.3, -0.25) is 0 Å². The molecule has 0 spiro atoms. The number of allylic oxidation sites excluding steroid dienone is 1. The van der Waals surface area contributed by atoms with Crippen LogP contribution in [0, 0.1) is 0 Å². The summed E-state index contributed by atoms with van der Waals surface area (Å²) in [6.07, 6.45) is 4.01. The van der Waals surface area contributed by atoms with Gasteiger partial charge in [0.05, 0.1) is 20.8 Å². The Balaban J connectivity index is 1.81. The molecule has 0 fully saturated rings. The van der Waals surface area contributed by atoms with E-state index in [2.05, 4.69) is 5.32 Å². The summed E-state index contributed by atoms with van der Waals surface area (Å²) >= 11 is 0. The maximum atomic E-state index is 10.3. The topological polar surface area (TPSA) is 78.4 Å². The van der Waals surface area contributed by atoms with Crippen molar-refractivity contribution < 1.29 is 28.8 Å². The Morgan fingerprint density at radius 3 is 2.39 bits per heavy atom. The van der Waals surface area contributed by atoms with E-state index in [9.17, 15) is 5.11 Å². The third-order valence-corrected chi connectivity index (χ3v) is 4.90. The van der Waals surface area contributed by atoms with Gasteiger partial charge in [0.1, 0.15) is 19.3 Å². The number of hydrogen-bond donors (Lipinski definition) is 2. The molecular formula is C26H37NO6. The second-order valence-electron chi connectivity index (χ2n) is 7.41. The maximum Gasteiger partial charge on any atom is 0.162 e. The van der Waals surface area contributed by atoms with E-state index in [0.29, 0.717) is 49.4 Å². The van der Waals surface area contributed by atoms with E-state index in [4.69, 9.17) is 23.7 Å². The molecule has 0 aliphatic carbocycles. The molecule has 0 aromatic heterocycles. The Kier molecular flexibility index (Phi) is 12.2. The number of ether oxygens (including phenoxy) is 5. The zero-order valence-electron chi connectivity index (χ0n) is 20.1. The summed E-state index contributed by atoms with van der Waals surface area (Å²) in [5.74, 6) is 2.66. The highest BCUT2D eigenvalue weighted by molar-refractivity contribution is 5.43. The second kappa shape index (κ2) is 15.2. The smallest absolute Gasteiger partial charge is 0.162 e. The summed E-state index contributed by atoms with van der Waals surface area (Å²) in [7, 11) is 3.24. The van der Waals surface area contributed by atoms with Crippen LogP contribution in [0.3, 0.4) is 0 Å². The van der Waals surface area contributed by atoms with Gasteiger partial charge in [0, 0.05) is 13.2 Å². The van der Waals surface area contributed by atoms with Crippen molar-refractivity contribution in [3.05, 3.63) is 59.7 Å². The van der Waals surface area contributed by atoms with E-state index in [0.717, 1.165) is 24.1 Å². The Morgan fingerprint density at radius 1 is 0.939 bits per heavy atom. The molecule has 0 bridgehead atoms. The molecule has 0 saturated carbocycles. The fourth-order valence-electron chi connectivity index (χ4n) is 3.11. The van der Waals surface area contributed by atoms with Crippen LogP contribution in [0.1, 0.15) is 25.0 Å². The number of methoxy groups -OCH3 is 2. The highest BCUT2D eigenvalue weighted by Gasteiger charge is 2.11. The van der Waals surface area contributed by atoms with Crippen LogP contribution >= 0.6 is 0 Å². The van der Waals surface area contributed by atoms with E-state index in [-0.39, 0.29) is 6.61 Å². The lowest BCUT2D eigenvalue weighted by Crippen LogP contribution is -2.32. The average molecular weight is 460 g/mol. The normalized spacial score (nSPS) is 12.0. The minimum Gasteiger partial charge on any atom is -0.493 e. The number of nitrogens with one attached hydrogen (secondary N) is 1. The number of aliphatic hydroxyl groups is 1. The van der Waals surface area contributed by atoms with Crippen molar-refractivity contribution in [3.63, 3.8) is 0 Å². The first kappa shape index (κ1) is 26.5. The molecule has 0 aliphatic heterocycles. The van der Waals surface area contributed by atoms with Crippen LogP contribution in [-0.2, 0) is 17.8 Å². The predicted molar refractivity (Wildman–Crippen MR) is 130 cm³/mol. The molecule has 7 nitrogen and oxygen atoms in total. The lowest BCUT2D eigenvalue weighted by Gasteiger charge is -2.17. The van der Waals surface area contributed by atoms with Gasteiger partial charge in [-0.15, -0.1) is 0 Å². The van der Waals surface area contributed by atoms with Crippen LogP contribution in [0.2, 0.25) is 0 Å². The maximum absolute atomic E-state index is 10.3. The molecule has 0 radical (unpaired) electrons. The van der Waals surface area contributed by atoms with Crippen molar-refractivity contribution in [2.24, 2.45) is 0 Å². The van der Waals surface area contributed by atoms with Gasteiger partial charge in [-0.25, -0.2) is 0 Å². The minimum absolute atomic E-state index is 0.161. The largest absolute Gasteiger partial charge is 0.493 e. The Bertz CT molecular complexity index is 855. The van der Waals surface area contributed by atoms with Crippen LogP contribution in [-0.4, -0.2) is 58.3 Å². The lowest BCUT2D eigenvalue weighted by atomic mass is 10.1. The van der Waals surface area contributed by atoms with Crippen molar-refractivity contribution in [2.75, 3.05) is 47.1 Å². The first-order valence-corrected chi connectivity index (χ1v) is 11.3. The standard InChI is InChI=1S/C26H37NO6/c1-5-7-14-32-26-16-21(18-31-6-2)9-11-24(26)33-19-22(28)17-27-13-12-20-8-10-23(29-3)25(15-20)30-4/h5,7-11,15-16,22,27-28H,6,12-14,17-19H2,1-4H3. The molecule has 0 aliphatic rings. The summed E-state index contributed by atoms with van der Waals surface area (Å²) in [4.78, 5) is 0. The van der Waals surface area contributed by atoms with Crippen LogP contribution < -0.4 is 24.3 Å². The highest BCUT2D eigenvalue weighted by atomic mass is 16.5. The fourth-order valence-corrected chi connectivity index (χ4v) is 3.11. The molecule has 0 heterocycles. The van der Waals surface area contributed by atoms with E-state index in [1.165, 1.54) is 0 Å². The summed E-state index contributed by atoms with van der Waals surface area (Å²) in [6.45, 7) is 6.83. The summed E-state index contributed by atoms with van der Waals surface area (Å²) < 4.78 is 27.8. The van der Waals surface area contributed by atoms with Crippen LogP contribution in [0.4, 0.5) is 0 Å².